The lowest BCUT2D eigenvalue weighted by molar-refractivity contribution is -0.123. The molecule has 8 nitrogen and oxygen atoms in total. The number of carbonyl (C=O) groups excluding carboxylic acids is 1. The maximum absolute atomic E-state index is 12.6. The van der Waals surface area contributed by atoms with Crippen molar-refractivity contribution < 1.29 is 26.4 Å². The van der Waals surface area contributed by atoms with Crippen molar-refractivity contribution in [2.24, 2.45) is 5.41 Å². The van der Waals surface area contributed by atoms with Gasteiger partial charge in [0.15, 0.2) is 0 Å². The molecule has 0 bridgehead atoms. The van der Waals surface area contributed by atoms with Gasteiger partial charge in [0.05, 0.1) is 28.9 Å². The first-order valence-electron chi connectivity index (χ1n) is 8.77. The molecule has 2 aromatic carbocycles. The molecule has 0 saturated carbocycles. The van der Waals surface area contributed by atoms with E-state index in [9.17, 15) is 21.6 Å². The van der Waals surface area contributed by atoms with Crippen LogP contribution in [0, 0.1) is 5.41 Å². The van der Waals surface area contributed by atoms with Crippen LogP contribution >= 0.6 is 0 Å². The summed E-state index contributed by atoms with van der Waals surface area (Å²) in [6.45, 7) is 3.16. The Labute approximate surface area is 170 Å². The summed E-state index contributed by atoms with van der Waals surface area (Å²) in [5.74, 6) is -0.271. The van der Waals surface area contributed by atoms with Crippen molar-refractivity contribution in [1.82, 2.24) is 4.72 Å². The highest BCUT2D eigenvalue weighted by molar-refractivity contribution is 7.94. The van der Waals surface area contributed by atoms with Crippen LogP contribution in [0.15, 0.2) is 53.4 Å². The molecule has 1 aliphatic heterocycles. The van der Waals surface area contributed by atoms with Crippen molar-refractivity contribution in [2.75, 3.05) is 17.2 Å². The van der Waals surface area contributed by atoms with Gasteiger partial charge in [-0.2, -0.15) is 0 Å². The number of carbonyl (C=O) groups is 1. The second-order valence-corrected chi connectivity index (χ2v) is 10.9. The van der Waals surface area contributed by atoms with E-state index in [1.807, 2.05) is 0 Å². The summed E-state index contributed by atoms with van der Waals surface area (Å²) in [5.41, 5.74) is -0.240. The zero-order valence-electron chi connectivity index (χ0n) is 16.2. The van der Waals surface area contributed by atoms with Gasteiger partial charge in [-0.1, -0.05) is 18.2 Å². The highest BCUT2D eigenvalue weighted by Crippen LogP contribution is 2.36. The first-order valence-corrected chi connectivity index (χ1v) is 11.9. The highest BCUT2D eigenvalue weighted by Gasteiger charge is 2.49. The Bertz CT molecular complexity index is 1140. The Kier molecular flexibility index (Phi) is 5.46. The lowest BCUT2D eigenvalue weighted by Crippen LogP contribution is -2.33. The van der Waals surface area contributed by atoms with Gasteiger partial charge >= 0.3 is 0 Å². The fraction of sp³-hybridized carbons (Fsp3) is 0.316. The Hall–Kier alpha value is -2.43. The van der Waals surface area contributed by atoms with Crippen LogP contribution in [0.5, 0.6) is 5.75 Å². The summed E-state index contributed by atoms with van der Waals surface area (Å²) < 4.78 is 58.3. The molecule has 0 radical (unpaired) electrons. The van der Waals surface area contributed by atoms with E-state index in [1.165, 1.54) is 31.4 Å². The van der Waals surface area contributed by atoms with Gasteiger partial charge in [-0.25, -0.2) is 25.9 Å². The summed E-state index contributed by atoms with van der Waals surface area (Å²) in [4.78, 5) is 12.4. The van der Waals surface area contributed by atoms with Crippen LogP contribution in [-0.4, -0.2) is 35.6 Å². The van der Waals surface area contributed by atoms with Crippen molar-refractivity contribution in [3.05, 3.63) is 54.1 Å². The van der Waals surface area contributed by atoms with Crippen molar-refractivity contribution >= 4 is 31.6 Å². The van der Waals surface area contributed by atoms with Gasteiger partial charge in [-0.3, -0.25) is 4.79 Å². The van der Waals surface area contributed by atoms with Gasteiger partial charge in [0.25, 0.3) is 0 Å². The largest absolute Gasteiger partial charge is 0.496 e. The number of para-hydroxylation sites is 1. The number of benzene rings is 2. The summed E-state index contributed by atoms with van der Waals surface area (Å²) in [5, 5.41) is 0. The molecular weight excluding hydrogens is 416 g/mol. The Morgan fingerprint density at radius 3 is 2.28 bits per heavy atom. The molecule has 156 valence electrons. The van der Waals surface area contributed by atoms with Gasteiger partial charge in [0, 0.05) is 12.1 Å². The lowest BCUT2D eigenvalue weighted by atomic mass is 9.95. The minimum Gasteiger partial charge on any atom is -0.496 e. The van der Waals surface area contributed by atoms with Crippen molar-refractivity contribution in [2.45, 2.75) is 25.3 Å². The topological polar surface area (TPSA) is 110 Å². The molecule has 0 aliphatic carbocycles. The summed E-state index contributed by atoms with van der Waals surface area (Å²) >= 11 is 0. The van der Waals surface area contributed by atoms with E-state index in [4.69, 9.17) is 4.74 Å². The van der Waals surface area contributed by atoms with Crippen molar-refractivity contribution in [3.8, 4) is 5.75 Å². The van der Waals surface area contributed by atoms with E-state index in [2.05, 4.69) is 4.72 Å². The molecule has 1 saturated heterocycles. The number of anilines is 1. The Balaban J connectivity index is 1.82. The smallest absolute Gasteiger partial charge is 0.247 e. The van der Waals surface area contributed by atoms with Crippen molar-refractivity contribution in [3.63, 3.8) is 0 Å². The van der Waals surface area contributed by atoms with Gasteiger partial charge in [0.2, 0.25) is 26.0 Å². The third kappa shape index (κ3) is 4.14. The summed E-state index contributed by atoms with van der Waals surface area (Å²) in [6, 6.07) is 12.2. The van der Waals surface area contributed by atoms with Crippen LogP contribution in [0.3, 0.4) is 0 Å². The minimum absolute atomic E-state index is 0.0290. The number of sulfonamides is 2. The van der Waals surface area contributed by atoms with E-state index in [-0.39, 0.29) is 22.9 Å². The fourth-order valence-electron chi connectivity index (χ4n) is 3.13. The zero-order valence-corrected chi connectivity index (χ0v) is 17.9. The molecule has 1 aliphatic rings. The van der Waals surface area contributed by atoms with Crippen LogP contribution in [0.25, 0.3) is 0 Å². The number of hydrogen-bond donors (Lipinski definition) is 1. The summed E-state index contributed by atoms with van der Waals surface area (Å²) in [6.07, 6.45) is 0. The number of nitrogens with zero attached hydrogens (tertiary/aromatic N) is 1. The van der Waals surface area contributed by atoms with Crippen LogP contribution in [0.4, 0.5) is 5.69 Å². The maximum Gasteiger partial charge on any atom is 0.247 e. The summed E-state index contributed by atoms with van der Waals surface area (Å²) in [7, 11) is -6.14. The third-order valence-electron chi connectivity index (χ3n) is 4.61. The molecule has 29 heavy (non-hydrogen) atoms. The molecule has 0 spiro atoms. The number of hydrogen-bond acceptors (Lipinski definition) is 6. The zero-order chi connectivity index (χ0) is 21.4. The molecule has 1 heterocycles. The Morgan fingerprint density at radius 2 is 1.72 bits per heavy atom. The standard InChI is InChI=1S/C19H22N2O6S2/c1-19(2)13-28(23,24)21(18(19)22)15-8-10-16(11-9-15)29(25,26)20-12-14-6-4-5-7-17(14)27-3/h4-11,20H,12-13H2,1-3H3. The van der Waals surface area contributed by atoms with Gasteiger partial charge < -0.3 is 4.74 Å². The Morgan fingerprint density at radius 1 is 1.10 bits per heavy atom. The van der Waals surface area contributed by atoms with Gasteiger partial charge in [0.1, 0.15) is 5.75 Å². The average molecular weight is 439 g/mol. The van der Waals surface area contributed by atoms with Crippen molar-refractivity contribution in [1.29, 1.82) is 0 Å². The monoisotopic (exact) mass is 438 g/mol. The molecular formula is C19H22N2O6S2. The van der Waals surface area contributed by atoms with Crippen LogP contribution < -0.4 is 13.8 Å². The molecule has 0 unspecified atom stereocenters. The molecule has 3 rings (SSSR count). The molecule has 0 atom stereocenters. The molecule has 10 heteroatoms. The number of nitrogens with one attached hydrogen (secondary N) is 1. The van der Waals surface area contributed by atoms with E-state index in [1.54, 1.807) is 38.1 Å². The van der Waals surface area contributed by atoms with E-state index in [0.29, 0.717) is 11.3 Å². The SMILES string of the molecule is COc1ccccc1CNS(=O)(=O)c1ccc(N2C(=O)C(C)(C)CS2(=O)=O)cc1. The minimum atomic E-state index is -3.85. The number of methoxy groups -OCH3 is 1. The molecule has 1 N–H and O–H groups in total. The molecule has 1 amide bonds. The van der Waals surface area contributed by atoms with E-state index >= 15 is 0 Å². The molecule has 0 aromatic heterocycles. The van der Waals surface area contributed by atoms with Gasteiger partial charge in [-0.05, 0) is 44.2 Å². The predicted octanol–water partition coefficient (Wildman–Crippen LogP) is 1.88. The second-order valence-electron chi connectivity index (χ2n) is 7.34. The van der Waals surface area contributed by atoms with Crippen LogP contribution in [0.2, 0.25) is 0 Å². The highest BCUT2D eigenvalue weighted by atomic mass is 32.2. The van der Waals surface area contributed by atoms with E-state index < -0.39 is 31.4 Å². The number of rotatable bonds is 6. The quantitative estimate of drug-likeness (QED) is 0.737. The average Bonchev–Trinajstić information content (AvgIpc) is 2.83. The molecule has 2 aromatic rings. The second kappa shape index (κ2) is 7.43. The van der Waals surface area contributed by atoms with Crippen LogP contribution in [-0.2, 0) is 31.4 Å². The first kappa shape index (κ1) is 21.3. The number of amides is 1. The molecule has 1 fully saturated rings. The first-order chi connectivity index (χ1) is 13.5. The fourth-order valence-corrected chi connectivity index (χ4v) is 6.24. The van der Waals surface area contributed by atoms with Crippen LogP contribution in [0.1, 0.15) is 19.4 Å². The van der Waals surface area contributed by atoms with E-state index in [0.717, 1.165) is 4.31 Å². The van der Waals surface area contributed by atoms with Gasteiger partial charge in [-0.15, -0.1) is 0 Å². The normalized spacial score (nSPS) is 18.0. The maximum atomic E-state index is 12.6. The predicted molar refractivity (Wildman–Crippen MR) is 109 cm³/mol. The number of ether oxygens (including phenoxy) is 1. The third-order valence-corrected chi connectivity index (χ3v) is 8.05. The lowest BCUT2D eigenvalue weighted by Gasteiger charge is -2.17.